The molecule has 0 atom stereocenters. The summed E-state index contributed by atoms with van der Waals surface area (Å²) in [6.45, 7) is 11.5. The summed E-state index contributed by atoms with van der Waals surface area (Å²) in [5.41, 5.74) is 0.926. The third kappa shape index (κ3) is 5.37. The summed E-state index contributed by atoms with van der Waals surface area (Å²) < 4.78 is 16.8. The van der Waals surface area contributed by atoms with Crippen molar-refractivity contribution in [2.24, 2.45) is 4.74 Å². The molecule has 0 N–H and O–H groups in total. The summed E-state index contributed by atoms with van der Waals surface area (Å²) in [5, 5.41) is 0. The maximum atomic E-state index is 5.99. The molecule has 0 spiro atoms. The Bertz CT molecular complexity index is 409. The van der Waals surface area contributed by atoms with Crippen molar-refractivity contribution < 1.29 is 9.05 Å². The second-order valence-electron chi connectivity index (χ2n) is 4.35. The molecule has 1 aromatic carbocycles. The summed E-state index contributed by atoms with van der Waals surface area (Å²) in [7, 11) is -2.26. The molecular formula is C15H27N2O2P. The van der Waals surface area contributed by atoms with Gasteiger partial charge < -0.3 is 9.05 Å². The zero-order chi connectivity index (χ0) is 14.8. The Labute approximate surface area is 123 Å². The van der Waals surface area contributed by atoms with Crippen LogP contribution in [0, 0.1) is 0 Å². The van der Waals surface area contributed by atoms with Gasteiger partial charge in [-0.15, -0.1) is 0 Å². The monoisotopic (exact) mass is 298 g/mol. The van der Waals surface area contributed by atoms with Gasteiger partial charge in [-0.25, -0.2) is 4.74 Å². The number of rotatable bonds is 9. The van der Waals surface area contributed by atoms with Gasteiger partial charge in [-0.2, -0.15) is 0 Å². The number of hydrogen-bond donors (Lipinski definition) is 0. The Morgan fingerprint density at radius 2 is 1.50 bits per heavy atom. The highest BCUT2D eigenvalue weighted by Gasteiger charge is 2.24. The molecule has 0 aliphatic rings. The third-order valence-electron chi connectivity index (χ3n) is 2.96. The summed E-state index contributed by atoms with van der Waals surface area (Å²) in [4.78, 5) is 2.31. The largest absolute Gasteiger partial charge is 0.323 e. The Morgan fingerprint density at radius 1 is 0.950 bits per heavy atom. The lowest BCUT2D eigenvalue weighted by molar-refractivity contribution is 0.234. The highest BCUT2D eigenvalue weighted by atomic mass is 31.2. The molecule has 0 saturated carbocycles. The van der Waals surface area contributed by atoms with Crippen molar-refractivity contribution in [3.63, 3.8) is 0 Å². The van der Waals surface area contributed by atoms with Crippen LogP contribution in [0.2, 0.25) is 0 Å². The van der Waals surface area contributed by atoms with Crippen molar-refractivity contribution in [3.8, 4) is 0 Å². The number of benzene rings is 1. The Balaban J connectivity index is 3.12. The van der Waals surface area contributed by atoms with Crippen LogP contribution in [0.5, 0.6) is 0 Å². The minimum atomic E-state index is -2.26. The molecule has 0 heterocycles. The Kier molecular flexibility index (Phi) is 8.08. The molecule has 4 nitrogen and oxygen atoms in total. The summed E-state index contributed by atoms with van der Waals surface area (Å²) >= 11 is 0. The van der Waals surface area contributed by atoms with E-state index in [-0.39, 0.29) is 0 Å². The van der Waals surface area contributed by atoms with Gasteiger partial charge >= 0.3 is 0 Å². The first-order chi connectivity index (χ1) is 9.69. The van der Waals surface area contributed by atoms with Gasteiger partial charge in [-0.3, -0.25) is 4.90 Å². The van der Waals surface area contributed by atoms with E-state index in [9.17, 15) is 0 Å². The quantitative estimate of drug-likeness (QED) is 0.618. The van der Waals surface area contributed by atoms with Crippen molar-refractivity contribution in [1.82, 2.24) is 4.90 Å². The van der Waals surface area contributed by atoms with E-state index in [1.54, 1.807) is 0 Å². The van der Waals surface area contributed by atoms with Gasteiger partial charge in [0, 0.05) is 0 Å². The molecule has 0 unspecified atom stereocenters. The minimum absolute atomic E-state index is 0.616. The number of nitrogens with zero attached hydrogens (tertiary/aromatic N) is 2. The SMILES string of the molecule is CCOP(CN(CC)CC)(=Nc1ccccc1)OCC. The van der Waals surface area contributed by atoms with E-state index in [0.29, 0.717) is 13.2 Å². The molecule has 5 heteroatoms. The first kappa shape index (κ1) is 17.4. The molecule has 0 fully saturated rings. The van der Waals surface area contributed by atoms with Crippen molar-refractivity contribution in [2.45, 2.75) is 27.7 Å². The third-order valence-corrected chi connectivity index (χ3v) is 5.58. The van der Waals surface area contributed by atoms with E-state index in [1.165, 1.54) is 0 Å². The van der Waals surface area contributed by atoms with Crippen molar-refractivity contribution in [3.05, 3.63) is 30.3 Å². The maximum absolute atomic E-state index is 5.99. The van der Waals surface area contributed by atoms with E-state index >= 15 is 0 Å². The molecule has 0 saturated heterocycles. The topological polar surface area (TPSA) is 34.1 Å². The second kappa shape index (κ2) is 9.30. The number of hydrogen-bond acceptors (Lipinski definition) is 4. The van der Waals surface area contributed by atoms with E-state index in [4.69, 9.17) is 13.8 Å². The van der Waals surface area contributed by atoms with Crippen LogP contribution in [-0.2, 0) is 9.05 Å². The van der Waals surface area contributed by atoms with E-state index in [1.807, 2.05) is 44.2 Å². The standard InChI is InChI=1S/C15H27N2O2P/c1-5-17(6-2)14-20(18-7-3,19-8-4)16-15-12-10-9-11-13-15/h9-13H,5-8,14H2,1-4H3. The first-order valence-corrected chi connectivity index (χ1v) is 9.13. The normalized spacial score (nSPS) is 11.8. The first-order valence-electron chi connectivity index (χ1n) is 7.37. The molecular weight excluding hydrogens is 271 g/mol. The average Bonchev–Trinajstić information content (AvgIpc) is 2.46. The lowest BCUT2D eigenvalue weighted by atomic mass is 10.3. The highest BCUT2D eigenvalue weighted by molar-refractivity contribution is 7.56. The maximum Gasteiger partial charge on any atom is 0.231 e. The summed E-state index contributed by atoms with van der Waals surface area (Å²) in [5.74, 6) is 0. The van der Waals surface area contributed by atoms with E-state index < -0.39 is 7.51 Å². The van der Waals surface area contributed by atoms with Crippen LogP contribution >= 0.6 is 7.51 Å². The Morgan fingerprint density at radius 3 is 1.95 bits per heavy atom. The predicted octanol–water partition coefficient (Wildman–Crippen LogP) is 4.72. The zero-order valence-electron chi connectivity index (χ0n) is 13.1. The fourth-order valence-corrected chi connectivity index (χ4v) is 4.57. The van der Waals surface area contributed by atoms with Gasteiger partial charge in [0.15, 0.2) is 0 Å². The molecule has 1 rings (SSSR count). The molecule has 0 aliphatic carbocycles. The average molecular weight is 298 g/mol. The molecule has 0 radical (unpaired) electrons. The lowest BCUT2D eigenvalue weighted by Gasteiger charge is -2.29. The molecule has 114 valence electrons. The predicted molar refractivity (Wildman–Crippen MR) is 86.5 cm³/mol. The van der Waals surface area contributed by atoms with Gasteiger partial charge in [0.2, 0.25) is 7.51 Å². The van der Waals surface area contributed by atoms with Gasteiger partial charge in [0.25, 0.3) is 0 Å². The van der Waals surface area contributed by atoms with E-state index in [0.717, 1.165) is 25.1 Å². The van der Waals surface area contributed by atoms with Crippen LogP contribution in [0.25, 0.3) is 0 Å². The molecule has 0 amide bonds. The van der Waals surface area contributed by atoms with Crippen molar-refractivity contribution in [2.75, 3.05) is 32.6 Å². The fraction of sp³-hybridized carbons (Fsp3) is 0.600. The highest BCUT2D eigenvalue weighted by Crippen LogP contribution is 2.54. The molecule has 20 heavy (non-hydrogen) atoms. The van der Waals surface area contributed by atoms with Crippen molar-refractivity contribution in [1.29, 1.82) is 0 Å². The van der Waals surface area contributed by atoms with E-state index in [2.05, 4.69) is 18.7 Å². The van der Waals surface area contributed by atoms with Crippen molar-refractivity contribution >= 4 is 13.2 Å². The van der Waals surface area contributed by atoms with Crippen LogP contribution in [-0.4, -0.2) is 37.5 Å². The van der Waals surface area contributed by atoms with Gasteiger partial charge in [0.1, 0.15) is 0 Å². The summed E-state index contributed by atoms with van der Waals surface area (Å²) in [6, 6.07) is 9.96. The van der Waals surface area contributed by atoms with Crippen LogP contribution in [0.15, 0.2) is 35.1 Å². The van der Waals surface area contributed by atoms with Crippen LogP contribution < -0.4 is 0 Å². The molecule has 0 bridgehead atoms. The Hall–Kier alpha value is -0.670. The van der Waals surface area contributed by atoms with Crippen LogP contribution in [0.3, 0.4) is 0 Å². The van der Waals surface area contributed by atoms with Crippen LogP contribution in [0.4, 0.5) is 5.69 Å². The zero-order valence-corrected chi connectivity index (χ0v) is 14.0. The van der Waals surface area contributed by atoms with Gasteiger partial charge in [-0.05, 0) is 39.1 Å². The smallest absolute Gasteiger partial charge is 0.231 e. The van der Waals surface area contributed by atoms with Crippen LogP contribution in [0.1, 0.15) is 27.7 Å². The minimum Gasteiger partial charge on any atom is -0.323 e. The molecule has 0 aliphatic heterocycles. The van der Waals surface area contributed by atoms with Gasteiger partial charge in [0.05, 0.1) is 25.2 Å². The fourth-order valence-electron chi connectivity index (χ4n) is 1.96. The molecule has 0 aromatic heterocycles. The lowest BCUT2D eigenvalue weighted by Crippen LogP contribution is -2.25. The van der Waals surface area contributed by atoms with Gasteiger partial charge in [-0.1, -0.05) is 32.0 Å². The summed E-state index contributed by atoms with van der Waals surface area (Å²) in [6.07, 6.45) is 0.747. The molecule has 1 aromatic rings. The second-order valence-corrected chi connectivity index (χ2v) is 6.63.